The minimum absolute atomic E-state index is 0.176. The van der Waals surface area contributed by atoms with Crippen LogP contribution in [-0.4, -0.2) is 25.7 Å². The molecule has 0 aliphatic heterocycles. The van der Waals surface area contributed by atoms with Crippen LogP contribution < -0.4 is 11.4 Å². The van der Waals surface area contributed by atoms with Crippen molar-refractivity contribution < 1.29 is 0 Å². The molecule has 0 atom stereocenters. The molecule has 3 aromatic rings. The van der Waals surface area contributed by atoms with Gasteiger partial charge in [-0.15, -0.1) is 16.4 Å². The first kappa shape index (κ1) is 12.6. The van der Waals surface area contributed by atoms with Crippen LogP contribution in [0.2, 0.25) is 0 Å². The Balaban J connectivity index is 1.91. The Hall–Kier alpha value is -2.43. The largest absolute Gasteiger partial charge is 0.350 e. The van der Waals surface area contributed by atoms with Gasteiger partial charge in [0.05, 0.1) is 24.2 Å². The molecule has 0 fully saturated rings. The predicted octanol–water partition coefficient (Wildman–Crippen LogP) is 0.311. The Morgan fingerprint density at radius 3 is 3.10 bits per heavy atom. The summed E-state index contributed by atoms with van der Waals surface area (Å²) in [6.45, 7) is 0.765. The molecule has 20 heavy (non-hydrogen) atoms. The van der Waals surface area contributed by atoms with Crippen molar-refractivity contribution in [3.63, 3.8) is 0 Å². The molecular weight excluding hydrogens is 274 g/mol. The van der Waals surface area contributed by atoms with Crippen molar-refractivity contribution in [1.29, 1.82) is 0 Å². The molecule has 3 rings (SSSR count). The molecule has 0 unspecified atom stereocenters. The van der Waals surface area contributed by atoms with E-state index in [0.717, 1.165) is 9.75 Å². The van der Waals surface area contributed by atoms with Crippen molar-refractivity contribution in [3.05, 3.63) is 51.0 Å². The lowest BCUT2D eigenvalue weighted by molar-refractivity contribution is 0.666. The highest BCUT2D eigenvalue weighted by molar-refractivity contribution is 7.12. The van der Waals surface area contributed by atoms with Gasteiger partial charge in [0.15, 0.2) is 5.65 Å². The number of nitrogens with two attached hydrogens (primary N) is 1. The van der Waals surface area contributed by atoms with Crippen LogP contribution in [0.3, 0.4) is 0 Å². The number of hydrogen-bond donors (Lipinski definition) is 1. The summed E-state index contributed by atoms with van der Waals surface area (Å²) in [5.41, 5.74) is 5.70. The van der Waals surface area contributed by atoms with Gasteiger partial charge in [-0.25, -0.2) is 13.9 Å². The number of nitrogens with zero attached hydrogens (tertiary/aromatic N) is 4. The van der Waals surface area contributed by atoms with E-state index in [1.807, 2.05) is 12.1 Å². The summed E-state index contributed by atoms with van der Waals surface area (Å²) in [5, 5.41) is 4.23. The predicted molar refractivity (Wildman–Crippen MR) is 76.6 cm³/mol. The van der Waals surface area contributed by atoms with Gasteiger partial charge in [-0.2, -0.15) is 0 Å². The van der Waals surface area contributed by atoms with Crippen molar-refractivity contribution in [2.45, 2.75) is 6.54 Å². The molecule has 0 amide bonds. The van der Waals surface area contributed by atoms with Crippen LogP contribution in [0.4, 0.5) is 0 Å². The summed E-state index contributed by atoms with van der Waals surface area (Å²) in [5.74, 6) is 5.78. The second-order valence-corrected chi connectivity index (χ2v) is 5.18. The van der Waals surface area contributed by atoms with Gasteiger partial charge in [-0.1, -0.05) is 11.8 Å². The maximum Gasteiger partial charge on any atom is 0.350 e. The van der Waals surface area contributed by atoms with Crippen molar-refractivity contribution in [1.82, 2.24) is 19.2 Å². The zero-order chi connectivity index (χ0) is 13.9. The fraction of sp³-hybridized carbons (Fsp3) is 0.154. The summed E-state index contributed by atoms with van der Waals surface area (Å²) in [6, 6.07) is 3.87. The van der Waals surface area contributed by atoms with Crippen molar-refractivity contribution in [3.8, 4) is 11.8 Å². The monoisotopic (exact) mass is 285 g/mol. The summed E-state index contributed by atoms with van der Waals surface area (Å²) in [4.78, 5) is 18.0. The van der Waals surface area contributed by atoms with E-state index in [0.29, 0.717) is 18.7 Å². The summed E-state index contributed by atoms with van der Waals surface area (Å²) in [7, 11) is 0. The molecule has 0 aliphatic carbocycles. The number of aromatic nitrogens is 4. The van der Waals surface area contributed by atoms with Crippen molar-refractivity contribution in [2.24, 2.45) is 5.73 Å². The van der Waals surface area contributed by atoms with Crippen LogP contribution in [0, 0.1) is 11.8 Å². The Labute approximate surface area is 118 Å². The Kier molecular flexibility index (Phi) is 3.33. The Bertz CT molecular complexity index is 864. The molecule has 0 aliphatic rings. The van der Waals surface area contributed by atoms with Gasteiger partial charge in [0.25, 0.3) is 0 Å². The maximum atomic E-state index is 12.1. The molecule has 7 heteroatoms. The zero-order valence-electron chi connectivity index (χ0n) is 10.5. The molecule has 6 nitrogen and oxygen atoms in total. The molecule has 100 valence electrons. The lowest BCUT2D eigenvalue weighted by atomic mass is 10.4. The van der Waals surface area contributed by atoms with Gasteiger partial charge in [-0.05, 0) is 12.1 Å². The zero-order valence-corrected chi connectivity index (χ0v) is 11.3. The van der Waals surface area contributed by atoms with Crippen molar-refractivity contribution in [2.75, 3.05) is 6.54 Å². The second kappa shape index (κ2) is 5.28. The lowest BCUT2D eigenvalue weighted by Crippen LogP contribution is -2.21. The molecule has 3 aromatic heterocycles. The average Bonchev–Trinajstić information content (AvgIpc) is 3.03. The van der Waals surface area contributed by atoms with Gasteiger partial charge in [0, 0.05) is 17.3 Å². The van der Waals surface area contributed by atoms with E-state index in [4.69, 9.17) is 5.73 Å². The third-order valence-corrected chi connectivity index (χ3v) is 3.66. The van der Waals surface area contributed by atoms with E-state index in [2.05, 4.69) is 21.9 Å². The fourth-order valence-electron chi connectivity index (χ4n) is 1.80. The number of rotatable bonds is 2. The topological polar surface area (TPSA) is 78.2 Å². The lowest BCUT2D eigenvalue weighted by Gasteiger charge is -1.94. The normalized spacial score (nSPS) is 10.4. The highest BCUT2D eigenvalue weighted by Crippen LogP contribution is 2.15. The van der Waals surface area contributed by atoms with Crippen LogP contribution in [0.5, 0.6) is 0 Å². The van der Waals surface area contributed by atoms with Gasteiger partial charge in [-0.3, -0.25) is 4.98 Å². The fourth-order valence-corrected chi connectivity index (χ4v) is 2.66. The van der Waals surface area contributed by atoms with Crippen LogP contribution in [0.25, 0.3) is 5.65 Å². The molecular formula is C13H11N5OS. The summed E-state index contributed by atoms with van der Waals surface area (Å²) in [6.07, 6.45) is 4.73. The number of thiophene rings is 1. The van der Waals surface area contributed by atoms with E-state index >= 15 is 0 Å². The molecule has 0 bridgehead atoms. The third kappa shape index (κ3) is 2.34. The molecule has 2 N–H and O–H groups in total. The van der Waals surface area contributed by atoms with E-state index in [1.54, 1.807) is 18.6 Å². The van der Waals surface area contributed by atoms with Gasteiger partial charge in [0.1, 0.15) is 0 Å². The molecule has 0 spiro atoms. The van der Waals surface area contributed by atoms with Crippen LogP contribution in [-0.2, 0) is 6.54 Å². The Morgan fingerprint density at radius 2 is 2.30 bits per heavy atom. The van der Waals surface area contributed by atoms with Crippen molar-refractivity contribution >= 4 is 17.0 Å². The smallest absolute Gasteiger partial charge is 0.320 e. The molecule has 0 saturated carbocycles. The van der Waals surface area contributed by atoms with E-state index in [-0.39, 0.29) is 5.69 Å². The van der Waals surface area contributed by atoms with Gasteiger partial charge in [0.2, 0.25) is 0 Å². The Morgan fingerprint density at radius 1 is 1.40 bits per heavy atom. The van der Waals surface area contributed by atoms with E-state index < -0.39 is 0 Å². The van der Waals surface area contributed by atoms with E-state index in [9.17, 15) is 4.79 Å². The first-order chi connectivity index (χ1) is 9.78. The summed E-state index contributed by atoms with van der Waals surface area (Å²) < 4.78 is 2.89. The van der Waals surface area contributed by atoms with Crippen LogP contribution in [0.1, 0.15) is 9.75 Å². The number of fused-ring (bicyclic) bond motifs is 1. The average molecular weight is 285 g/mol. The van der Waals surface area contributed by atoms with Crippen LogP contribution in [0.15, 0.2) is 35.5 Å². The third-order valence-electron chi connectivity index (χ3n) is 2.67. The first-order valence-corrected chi connectivity index (χ1v) is 6.76. The number of hydrogen-bond acceptors (Lipinski definition) is 5. The SMILES string of the molecule is NCC#Cc1ccc(Cn2nc3cnccn3c2=O)s1. The highest BCUT2D eigenvalue weighted by Gasteiger charge is 2.08. The molecule has 3 heterocycles. The minimum atomic E-state index is -0.176. The van der Waals surface area contributed by atoms with Gasteiger partial charge >= 0.3 is 5.69 Å². The maximum absolute atomic E-state index is 12.1. The second-order valence-electron chi connectivity index (χ2n) is 4.02. The standard InChI is InChI=1S/C13H11N5OS/c14-5-1-2-10-3-4-11(20-10)9-18-13(19)17-7-6-15-8-12(17)16-18/h3-4,6-8H,5,9,14H2. The van der Waals surface area contributed by atoms with E-state index in [1.165, 1.54) is 20.4 Å². The highest BCUT2D eigenvalue weighted by atomic mass is 32.1. The van der Waals surface area contributed by atoms with Gasteiger partial charge < -0.3 is 5.73 Å². The first-order valence-electron chi connectivity index (χ1n) is 5.95. The minimum Gasteiger partial charge on any atom is -0.320 e. The molecule has 0 radical (unpaired) electrons. The molecule has 0 saturated heterocycles. The quantitative estimate of drug-likeness (QED) is 0.687. The van der Waals surface area contributed by atoms with Crippen LogP contribution >= 0.6 is 11.3 Å². The molecule has 0 aromatic carbocycles. The summed E-state index contributed by atoms with van der Waals surface area (Å²) >= 11 is 1.53.